The standard InChI is InChI=1S/C17H23N3O4S/c1-5-20(6-2)25(23,24)13-7-8-15(21)14(10-13)19-17(22)16-11(3)9-12(4)18-16/h7-10,18,21H,5-6H2,1-4H3,(H,19,22). The van der Waals surface area contributed by atoms with Crippen molar-refractivity contribution in [2.75, 3.05) is 18.4 Å². The molecular weight excluding hydrogens is 342 g/mol. The van der Waals surface area contributed by atoms with Crippen molar-refractivity contribution in [3.8, 4) is 5.75 Å². The lowest BCUT2D eigenvalue weighted by atomic mass is 10.2. The van der Waals surface area contributed by atoms with E-state index in [1.807, 2.05) is 13.0 Å². The number of hydrogen-bond acceptors (Lipinski definition) is 4. The lowest BCUT2D eigenvalue weighted by Gasteiger charge is -2.19. The molecule has 25 heavy (non-hydrogen) atoms. The zero-order chi connectivity index (χ0) is 18.8. The zero-order valence-corrected chi connectivity index (χ0v) is 15.6. The molecule has 3 N–H and O–H groups in total. The Balaban J connectivity index is 2.37. The number of phenolic OH excluding ortho intramolecular Hbond substituents is 1. The van der Waals surface area contributed by atoms with E-state index < -0.39 is 15.9 Å². The van der Waals surface area contributed by atoms with Gasteiger partial charge in [-0.15, -0.1) is 0 Å². The molecule has 1 aromatic carbocycles. The van der Waals surface area contributed by atoms with Crippen LogP contribution in [0.15, 0.2) is 29.2 Å². The first kappa shape index (κ1) is 19.0. The summed E-state index contributed by atoms with van der Waals surface area (Å²) in [4.78, 5) is 15.4. The number of hydrogen-bond donors (Lipinski definition) is 3. The molecule has 136 valence electrons. The predicted molar refractivity (Wildman–Crippen MR) is 96.4 cm³/mol. The molecule has 0 bridgehead atoms. The van der Waals surface area contributed by atoms with Gasteiger partial charge in [-0.3, -0.25) is 4.79 Å². The summed E-state index contributed by atoms with van der Waals surface area (Å²) in [7, 11) is -3.68. The highest BCUT2D eigenvalue weighted by atomic mass is 32.2. The lowest BCUT2D eigenvalue weighted by molar-refractivity contribution is 0.102. The molecule has 7 nitrogen and oxygen atoms in total. The molecule has 2 rings (SSSR count). The van der Waals surface area contributed by atoms with Crippen LogP contribution in [-0.2, 0) is 10.0 Å². The Morgan fingerprint density at radius 3 is 2.36 bits per heavy atom. The number of nitrogens with zero attached hydrogens (tertiary/aromatic N) is 1. The largest absolute Gasteiger partial charge is 0.506 e. The van der Waals surface area contributed by atoms with Crippen molar-refractivity contribution >= 4 is 21.6 Å². The maximum atomic E-state index is 12.6. The smallest absolute Gasteiger partial charge is 0.272 e. The minimum atomic E-state index is -3.68. The first-order valence-electron chi connectivity index (χ1n) is 8.01. The van der Waals surface area contributed by atoms with Gasteiger partial charge in [-0.25, -0.2) is 8.42 Å². The van der Waals surface area contributed by atoms with Gasteiger partial charge in [0.2, 0.25) is 10.0 Å². The Labute approximate surface area is 147 Å². The van der Waals surface area contributed by atoms with Gasteiger partial charge in [0.25, 0.3) is 5.91 Å². The van der Waals surface area contributed by atoms with E-state index in [0.29, 0.717) is 18.8 Å². The van der Waals surface area contributed by atoms with E-state index in [1.54, 1.807) is 20.8 Å². The number of aromatic nitrogens is 1. The second kappa shape index (κ2) is 7.28. The van der Waals surface area contributed by atoms with Crippen molar-refractivity contribution in [1.82, 2.24) is 9.29 Å². The maximum absolute atomic E-state index is 12.6. The second-order valence-electron chi connectivity index (χ2n) is 5.73. The third kappa shape index (κ3) is 3.85. The van der Waals surface area contributed by atoms with E-state index in [2.05, 4.69) is 10.3 Å². The summed E-state index contributed by atoms with van der Waals surface area (Å²) in [6.45, 7) is 7.80. The van der Waals surface area contributed by atoms with Crippen LogP contribution >= 0.6 is 0 Å². The Morgan fingerprint density at radius 1 is 1.20 bits per heavy atom. The van der Waals surface area contributed by atoms with E-state index in [0.717, 1.165) is 11.3 Å². The van der Waals surface area contributed by atoms with Gasteiger partial charge in [-0.2, -0.15) is 4.31 Å². The number of aryl methyl sites for hydroxylation is 2. The van der Waals surface area contributed by atoms with Crippen LogP contribution in [0.1, 0.15) is 35.6 Å². The number of sulfonamides is 1. The number of rotatable bonds is 6. The van der Waals surface area contributed by atoms with Crippen molar-refractivity contribution in [3.05, 3.63) is 41.2 Å². The monoisotopic (exact) mass is 365 g/mol. The summed E-state index contributed by atoms with van der Waals surface area (Å²) in [6.07, 6.45) is 0. The van der Waals surface area contributed by atoms with Gasteiger partial charge in [0.05, 0.1) is 10.6 Å². The number of benzene rings is 1. The van der Waals surface area contributed by atoms with Crippen LogP contribution in [0, 0.1) is 13.8 Å². The molecule has 0 radical (unpaired) electrons. The molecular formula is C17H23N3O4S. The maximum Gasteiger partial charge on any atom is 0.272 e. The number of phenols is 1. The lowest BCUT2D eigenvalue weighted by Crippen LogP contribution is -2.30. The molecule has 2 aromatic rings. The summed E-state index contributed by atoms with van der Waals surface area (Å²) in [5.41, 5.74) is 2.02. The topological polar surface area (TPSA) is 102 Å². The number of carbonyl (C=O) groups excluding carboxylic acids is 1. The van der Waals surface area contributed by atoms with Crippen molar-refractivity contribution in [2.45, 2.75) is 32.6 Å². The molecule has 0 fully saturated rings. The normalized spacial score (nSPS) is 11.7. The zero-order valence-electron chi connectivity index (χ0n) is 14.8. The van der Waals surface area contributed by atoms with Crippen LogP contribution in [0.3, 0.4) is 0 Å². The Bertz CT molecular complexity index is 883. The summed E-state index contributed by atoms with van der Waals surface area (Å²) in [6, 6.07) is 5.68. The number of amides is 1. The SMILES string of the molecule is CCN(CC)S(=O)(=O)c1ccc(O)c(NC(=O)c2[nH]c(C)cc2C)c1. The number of nitrogens with one attached hydrogen (secondary N) is 2. The van der Waals surface area contributed by atoms with Gasteiger partial charge >= 0.3 is 0 Å². The fraction of sp³-hybridized carbons (Fsp3) is 0.353. The fourth-order valence-corrected chi connectivity index (χ4v) is 4.12. The molecule has 1 heterocycles. The molecule has 0 unspecified atom stereocenters. The number of aromatic hydroxyl groups is 1. The van der Waals surface area contributed by atoms with Gasteiger partial charge in [0.15, 0.2) is 0 Å². The molecule has 0 spiro atoms. The first-order chi connectivity index (χ1) is 11.7. The van der Waals surface area contributed by atoms with Gasteiger partial charge in [-0.05, 0) is 43.7 Å². The van der Waals surface area contributed by atoms with E-state index in [4.69, 9.17) is 0 Å². The molecule has 0 saturated heterocycles. The second-order valence-corrected chi connectivity index (χ2v) is 7.67. The summed E-state index contributed by atoms with van der Waals surface area (Å²) in [5, 5.41) is 12.6. The van der Waals surface area contributed by atoms with Crippen LogP contribution in [0.2, 0.25) is 0 Å². The molecule has 0 aliphatic rings. The number of aromatic amines is 1. The van der Waals surface area contributed by atoms with Crippen LogP contribution in [-0.4, -0.2) is 41.8 Å². The number of H-pyrrole nitrogens is 1. The van der Waals surface area contributed by atoms with E-state index >= 15 is 0 Å². The highest BCUT2D eigenvalue weighted by Gasteiger charge is 2.23. The molecule has 1 amide bonds. The van der Waals surface area contributed by atoms with E-state index in [9.17, 15) is 18.3 Å². The van der Waals surface area contributed by atoms with E-state index in [-0.39, 0.29) is 16.3 Å². The average molecular weight is 365 g/mol. The Kier molecular flexibility index (Phi) is 5.54. The van der Waals surface area contributed by atoms with Gasteiger partial charge in [0.1, 0.15) is 11.4 Å². The highest BCUT2D eigenvalue weighted by Crippen LogP contribution is 2.28. The molecule has 1 aromatic heterocycles. The highest BCUT2D eigenvalue weighted by molar-refractivity contribution is 7.89. The van der Waals surface area contributed by atoms with Crippen LogP contribution in [0.25, 0.3) is 0 Å². The summed E-state index contributed by atoms with van der Waals surface area (Å²) >= 11 is 0. The van der Waals surface area contributed by atoms with Gasteiger partial charge in [0, 0.05) is 18.8 Å². The van der Waals surface area contributed by atoms with Crippen molar-refractivity contribution < 1.29 is 18.3 Å². The first-order valence-corrected chi connectivity index (χ1v) is 9.45. The average Bonchev–Trinajstić information content (AvgIpc) is 2.88. The Morgan fingerprint density at radius 2 is 1.84 bits per heavy atom. The quantitative estimate of drug-likeness (QED) is 0.685. The van der Waals surface area contributed by atoms with Crippen LogP contribution < -0.4 is 5.32 Å². The molecule has 8 heteroatoms. The molecule has 0 aliphatic heterocycles. The van der Waals surface area contributed by atoms with Crippen molar-refractivity contribution in [3.63, 3.8) is 0 Å². The number of carbonyl (C=O) groups is 1. The molecule has 0 atom stereocenters. The van der Waals surface area contributed by atoms with Crippen LogP contribution in [0.4, 0.5) is 5.69 Å². The third-order valence-electron chi connectivity index (χ3n) is 3.94. The van der Waals surface area contributed by atoms with Gasteiger partial charge in [-0.1, -0.05) is 13.8 Å². The Hall–Kier alpha value is -2.32. The van der Waals surface area contributed by atoms with Crippen molar-refractivity contribution in [1.29, 1.82) is 0 Å². The summed E-state index contributed by atoms with van der Waals surface area (Å²) < 4.78 is 26.5. The van der Waals surface area contributed by atoms with Crippen molar-refractivity contribution in [2.24, 2.45) is 0 Å². The summed E-state index contributed by atoms with van der Waals surface area (Å²) in [5.74, 6) is -0.647. The minimum absolute atomic E-state index is 0.0173. The third-order valence-corrected chi connectivity index (χ3v) is 5.98. The number of anilines is 1. The molecule has 0 saturated carbocycles. The minimum Gasteiger partial charge on any atom is -0.506 e. The van der Waals surface area contributed by atoms with Crippen LogP contribution in [0.5, 0.6) is 5.75 Å². The fourth-order valence-electron chi connectivity index (χ4n) is 2.64. The van der Waals surface area contributed by atoms with Gasteiger partial charge < -0.3 is 15.4 Å². The predicted octanol–water partition coefficient (Wildman–Crippen LogP) is 2.62. The molecule has 0 aliphatic carbocycles. The van der Waals surface area contributed by atoms with E-state index in [1.165, 1.54) is 22.5 Å².